The number of methoxy groups -OCH3 is 1. The maximum Gasteiger partial charge on any atom is 0.407 e. The second-order valence-electron chi connectivity index (χ2n) is 3.94. The van der Waals surface area contributed by atoms with Crippen LogP contribution >= 0.6 is 0 Å². The number of carbonyl (C=O) groups is 3. The summed E-state index contributed by atoms with van der Waals surface area (Å²) in [5.41, 5.74) is 1.25. The molecule has 3 N–H and O–H groups in total. The number of hydrogen-bond donors (Lipinski definition) is 3. The van der Waals surface area contributed by atoms with Crippen LogP contribution < -0.4 is 10.6 Å². The zero-order chi connectivity index (χ0) is 15.0. The van der Waals surface area contributed by atoms with Gasteiger partial charge in [0.2, 0.25) is 0 Å². The van der Waals surface area contributed by atoms with Crippen molar-refractivity contribution in [2.24, 2.45) is 0 Å². The summed E-state index contributed by atoms with van der Waals surface area (Å²) in [6.45, 7) is 0.382. The van der Waals surface area contributed by atoms with Crippen LogP contribution in [0.5, 0.6) is 0 Å². The third-order valence-electron chi connectivity index (χ3n) is 2.46. The van der Waals surface area contributed by atoms with Crippen molar-refractivity contribution in [3.05, 3.63) is 35.4 Å². The maximum absolute atomic E-state index is 11.7. The first-order valence-electron chi connectivity index (χ1n) is 5.93. The average molecular weight is 280 g/mol. The number of alkyl carbamates (subject to hydrolysis) is 1. The molecule has 2 amide bonds. The fraction of sp³-hybridized carbons (Fsp3) is 0.308. The van der Waals surface area contributed by atoms with E-state index in [0.717, 1.165) is 5.56 Å². The van der Waals surface area contributed by atoms with Crippen LogP contribution in [0.2, 0.25) is 0 Å². The number of carboxylic acids is 1. The van der Waals surface area contributed by atoms with Crippen LogP contribution in [0.25, 0.3) is 0 Å². The van der Waals surface area contributed by atoms with Gasteiger partial charge in [-0.1, -0.05) is 12.1 Å². The van der Waals surface area contributed by atoms with Crippen molar-refractivity contribution < 1.29 is 24.2 Å². The molecule has 0 bridgehead atoms. The van der Waals surface area contributed by atoms with E-state index in [1.54, 1.807) is 24.3 Å². The van der Waals surface area contributed by atoms with E-state index in [4.69, 9.17) is 5.11 Å². The van der Waals surface area contributed by atoms with Gasteiger partial charge in [-0.05, 0) is 17.7 Å². The number of rotatable bonds is 6. The molecule has 1 aromatic carbocycles. The highest BCUT2D eigenvalue weighted by atomic mass is 16.5. The highest BCUT2D eigenvalue weighted by Gasteiger charge is 2.06. The Hall–Kier alpha value is -2.57. The highest BCUT2D eigenvalue weighted by Crippen LogP contribution is 2.04. The van der Waals surface area contributed by atoms with Crippen LogP contribution in [-0.2, 0) is 16.1 Å². The lowest BCUT2D eigenvalue weighted by Crippen LogP contribution is -2.26. The molecule has 0 saturated carbocycles. The quantitative estimate of drug-likeness (QED) is 0.713. The molecule has 0 unspecified atom stereocenters. The minimum absolute atomic E-state index is 0.0831. The summed E-state index contributed by atoms with van der Waals surface area (Å²) < 4.78 is 4.44. The Morgan fingerprint density at radius 1 is 1.15 bits per heavy atom. The van der Waals surface area contributed by atoms with Gasteiger partial charge in [0.15, 0.2) is 0 Å². The molecule has 0 radical (unpaired) electrons. The first-order chi connectivity index (χ1) is 9.52. The number of amides is 2. The molecule has 0 saturated heterocycles. The van der Waals surface area contributed by atoms with E-state index in [9.17, 15) is 14.4 Å². The topological polar surface area (TPSA) is 105 Å². The predicted octanol–water partition coefficient (Wildman–Crippen LogP) is 0.747. The number of carbonyl (C=O) groups excluding carboxylic acids is 2. The molecule has 0 fully saturated rings. The van der Waals surface area contributed by atoms with E-state index >= 15 is 0 Å². The van der Waals surface area contributed by atoms with Gasteiger partial charge >= 0.3 is 12.1 Å². The van der Waals surface area contributed by atoms with Crippen molar-refractivity contribution >= 4 is 18.0 Å². The van der Waals surface area contributed by atoms with Crippen LogP contribution in [0.15, 0.2) is 24.3 Å². The Kier molecular flexibility index (Phi) is 6.02. The van der Waals surface area contributed by atoms with Gasteiger partial charge in [-0.2, -0.15) is 0 Å². The van der Waals surface area contributed by atoms with Crippen LogP contribution in [0.1, 0.15) is 22.3 Å². The van der Waals surface area contributed by atoms with Crippen molar-refractivity contribution in [2.45, 2.75) is 13.0 Å². The minimum Gasteiger partial charge on any atom is -0.481 e. The summed E-state index contributed by atoms with van der Waals surface area (Å²) in [6, 6.07) is 6.60. The molecule has 0 aromatic heterocycles. The van der Waals surface area contributed by atoms with Gasteiger partial charge in [-0.25, -0.2) is 4.79 Å². The lowest BCUT2D eigenvalue weighted by molar-refractivity contribution is -0.136. The van der Waals surface area contributed by atoms with Crippen LogP contribution in [0, 0.1) is 0 Å². The fourth-order valence-corrected chi connectivity index (χ4v) is 1.41. The van der Waals surface area contributed by atoms with Crippen LogP contribution in [0.3, 0.4) is 0 Å². The van der Waals surface area contributed by atoms with Crippen molar-refractivity contribution in [1.82, 2.24) is 10.6 Å². The summed E-state index contributed by atoms with van der Waals surface area (Å²) in [7, 11) is 1.28. The monoisotopic (exact) mass is 280 g/mol. The number of hydrogen-bond acceptors (Lipinski definition) is 4. The van der Waals surface area contributed by atoms with Gasteiger partial charge in [-0.3, -0.25) is 9.59 Å². The van der Waals surface area contributed by atoms with Gasteiger partial charge < -0.3 is 20.5 Å². The fourth-order valence-electron chi connectivity index (χ4n) is 1.41. The van der Waals surface area contributed by atoms with E-state index in [1.807, 2.05) is 0 Å². The zero-order valence-electron chi connectivity index (χ0n) is 11.0. The first kappa shape index (κ1) is 15.5. The van der Waals surface area contributed by atoms with E-state index < -0.39 is 12.1 Å². The SMILES string of the molecule is COC(=O)NCc1ccc(C(=O)NCCC(=O)O)cc1. The molecule has 0 aliphatic carbocycles. The molecule has 1 aromatic rings. The minimum atomic E-state index is -0.963. The third kappa shape index (κ3) is 5.38. The number of ether oxygens (including phenoxy) is 1. The standard InChI is InChI=1S/C13H16N2O5/c1-20-13(19)15-8-9-2-4-10(5-3-9)12(18)14-7-6-11(16)17/h2-5H,6-8H2,1H3,(H,14,18)(H,15,19)(H,16,17). The van der Waals surface area contributed by atoms with Gasteiger partial charge in [0.25, 0.3) is 5.91 Å². The molecule has 0 aliphatic rings. The molecular formula is C13H16N2O5. The first-order valence-corrected chi connectivity index (χ1v) is 5.93. The third-order valence-corrected chi connectivity index (χ3v) is 2.46. The van der Waals surface area contributed by atoms with Gasteiger partial charge in [0.05, 0.1) is 13.5 Å². The highest BCUT2D eigenvalue weighted by molar-refractivity contribution is 5.94. The Morgan fingerprint density at radius 2 is 1.80 bits per heavy atom. The summed E-state index contributed by atoms with van der Waals surface area (Å²) in [5.74, 6) is -1.30. The molecule has 0 atom stereocenters. The lowest BCUT2D eigenvalue weighted by atomic mass is 10.1. The van der Waals surface area contributed by atoms with Gasteiger partial charge in [-0.15, -0.1) is 0 Å². The van der Waals surface area contributed by atoms with Gasteiger partial charge in [0, 0.05) is 18.7 Å². The summed E-state index contributed by atoms with van der Waals surface area (Å²) in [6.07, 6.45) is -0.646. The largest absolute Gasteiger partial charge is 0.481 e. The second kappa shape index (κ2) is 7.78. The number of nitrogens with one attached hydrogen (secondary N) is 2. The summed E-state index contributed by atoms with van der Waals surface area (Å²) in [4.78, 5) is 32.9. The second-order valence-corrected chi connectivity index (χ2v) is 3.94. The number of aliphatic carboxylic acids is 1. The summed E-state index contributed by atoms with van der Waals surface area (Å²) >= 11 is 0. The Balaban J connectivity index is 2.46. The maximum atomic E-state index is 11.7. The lowest BCUT2D eigenvalue weighted by Gasteiger charge is -2.06. The molecule has 0 aliphatic heterocycles. The smallest absolute Gasteiger partial charge is 0.407 e. The number of carboxylic acid groups (broad SMARTS) is 1. The normalized spacial score (nSPS) is 9.65. The van der Waals surface area contributed by atoms with Crippen molar-refractivity contribution in [2.75, 3.05) is 13.7 Å². The number of benzene rings is 1. The Labute approximate surface area is 115 Å². The average Bonchev–Trinajstić information content (AvgIpc) is 2.44. The van der Waals surface area contributed by atoms with Crippen molar-refractivity contribution in [3.63, 3.8) is 0 Å². The molecule has 7 nitrogen and oxygen atoms in total. The van der Waals surface area contributed by atoms with Crippen LogP contribution in [0.4, 0.5) is 4.79 Å². The van der Waals surface area contributed by atoms with E-state index in [1.165, 1.54) is 7.11 Å². The molecule has 1 rings (SSSR count). The summed E-state index contributed by atoms with van der Waals surface area (Å²) in [5, 5.41) is 13.5. The van der Waals surface area contributed by atoms with E-state index in [0.29, 0.717) is 12.1 Å². The molecule has 108 valence electrons. The predicted molar refractivity (Wildman–Crippen MR) is 70.3 cm³/mol. The van der Waals surface area contributed by atoms with Crippen molar-refractivity contribution in [1.29, 1.82) is 0 Å². The molecule has 20 heavy (non-hydrogen) atoms. The molecule has 7 heteroatoms. The molecule has 0 spiro atoms. The Morgan fingerprint density at radius 3 is 2.35 bits per heavy atom. The van der Waals surface area contributed by atoms with Crippen molar-refractivity contribution in [3.8, 4) is 0 Å². The molecule has 0 heterocycles. The van der Waals surface area contributed by atoms with E-state index in [-0.39, 0.29) is 18.9 Å². The van der Waals surface area contributed by atoms with E-state index in [2.05, 4.69) is 15.4 Å². The molecular weight excluding hydrogens is 264 g/mol. The Bertz CT molecular complexity index is 484. The van der Waals surface area contributed by atoms with Gasteiger partial charge in [0.1, 0.15) is 0 Å². The zero-order valence-corrected chi connectivity index (χ0v) is 11.0. The van der Waals surface area contributed by atoms with Crippen LogP contribution in [-0.4, -0.2) is 36.7 Å².